The molecule has 2 heterocycles. The molecule has 0 aliphatic carbocycles. The molecular weight excluding hydrogens is 386 g/mol. The molecule has 1 aliphatic rings. The summed E-state index contributed by atoms with van der Waals surface area (Å²) in [7, 11) is 6.02. The molecular formula is C25H31N5O. The number of hydrogen-bond acceptors (Lipinski definition) is 6. The Bertz CT molecular complexity index is 955. The number of nitrogens with zero attached hydrogens (tertiary/aromatic N) is 4. The summed E-state index contributed by atoms with van der Waals surface area (Å²) in [6, 6.07) is 17.2. The van der Waals surface area contributed by atoms with Crippen molar-refractivity contribution in [1.82, 2.24) is 19.8 Å². The third-order valence-corrected chi connectivity index (χ3v) is 5.98. The van der Waals surface area contributed by atoms with Gasteiger partial charge in [-0.15, -0.1) is 0 Å². The first kappa shape index (κ1) is 21.3. The van der Waals surface area contributed by atoms with Crippen molar-refractivity contribution in [3.05, 3.63) is 66.5 Å². The molecule has 1 N–H and O–H groups in total. The molecule has 2 aromatic carbocycles. The highest BCUT2D eigenvalue weighted by molar-refractivity contribution is 5.63. The molecule has 162 valence electrons. The Kier molecular flexibility index (Phi) is 6.79. The molecule has 1 aliphatic heterocycles. The van der Waals surface area contributed by atoms with Crippen molar-refractivity contribution in [3.63, 3.8) is 0 Å². The molecule has 0 saturated carbocycles. The predicted octanol–water partition coefficient (Wildman–Crippen LogP) is 4.07. The lowest BCUT2D eigenvalue weighted by atomic mass is 10.1. The van der Waals surface area contributed by atoms with Gasteiger partial charge in [-0.05, 0) is 68.9 Å². The van der Waals surface area contributed by atoms with E-state index < -0.39 is 0 Å². The van der Waals surface area contributed by atoms with Crippen LogP contribution in [0.3, 0.4) is 0 Å². The minimum atomic E-state index is 0.594. The third kappa shape index (κ3) is 5.60. The molecule has 1 saturated heterocycles. The van der Waals surface area contributed by atoms with Gasteiger partial charge in [-0.2, -0.15) is 0 Å². The van der Waals surface area contributed by atoms with Gasteiger partial charge in [-0.25, -0.2) is 9.97 Å². The van der Waals surface area contributed by atoms with E-state index in [0.29, 0.717) is 12.0 Å². The van der Waals surface area contributed by atoms with Crippen LogP contribution in [0.5, 0.6) is 5.75 Å². The van der Waals surface area contributed by atoms with Crippen LogP contribution in [-0.4, -0.2) is 66.6 Å². The maximum absolute atomic E-state index is 5.21. The van der Waals surface area contributed by atoms with E-state index in [-0.39, 0.29) is 0 Å². The summed E-state index contributed by atoms with van der Waals surface area (Å²) in [5.74, 6) is 1.43. The molecule has 1 atom stereocenters. The fourth-order valence-corrected chi connectivity index (χ4v) is 3.93. The molecule has 0 spiro atoms. The second-order valence-electron chi connectivity index (χ2n) is 8.30. The van der Waals surface area contributed by atoms with Crippen LogP contribution < -0.4 is 10.1 Å². The first-order chi connectivity index (χ1) is 15.1. The van der Waals surface area contributed by atoms with Gasteiger partial charge in [0.15, 0.2) is 0 Å². The maximum Gasteiger partial charge on any atom is 0.227 e. The molecule has 4 rings (SSSR count). The Balaban J connectivity index is 1.29. The number of likely N-dealkylation sites (tertiary alicyclic amines) is 1. The fourth-order valence-electron chi connectivity index (χ4n) is 3.93. The van der Waals surface area contributed by atoms with E-state index in [4.69, 9.17) is 4.74 Å². The monoisotopic (exact) mass is 417 g/mol. The molecule has 1 fully saturated rings. The van der Waals surface area contributed by atoms with Crippen molar-refractivity contribution in [2.75, 3.05) is 46.2 Å². The van der Waals surface area contributed by atoms with Crippen molar-refractivity contribution < 1.29 is 4.74 Å². The van der Waals surface area contributed by atoms with Crippen LogP contribution in [0, 0.1) is 0 Å². The number of methoxy groups -OCH3 is 1. The van der Waals surface area contributed by atoms with Crippen LogP contribution in [0.4, 0.5) is 11.6 Å². The summed E-state index contributed by atoms with van der Waals surface area (Å²) >= 11 is 0. The molecule has 6 heteroatoms. The summed E-state index contributed by atoms with van der Waals surface area (Å²) in [5, 5.41) is 3.29. The fraction of sp³-hybridized carbons (Fsp3) is 0.360. The first-order valence-electron chi connectivity index (χ1n) is 10.8. The Morgan fingerprint density at radius 2 is 1.71 bits per heavy atom. The maximum atomic E-state index is 5.21. The second-order valence-corrected chi connectivity index (χ2v) is 8.30. The van der Waals surface area contributed by atoms with E-state index in [0.717, 1.165) is 35.5 Å². The minimum Gasteiger partial charge on any atom is -0.497 e. The Morgan fingerprint density at radius 3 is 2.32 bits per heavy atom. The predicted molar refractivity (Wildman–Crippen MR) is 126 cm³/mol. The number of benzene rings is 2. The van der Waals surface area contributed by atoms with Gasteiger partial charge in [0.25, 0.3) is 0 Å². The van der Waals surface area contributed by atoms with Gasteiger partial charge in [0, 0.05) is 42.8 Å². The van der Waals surface area contributed by atoms with Crippen molar-refractivity contribution in [2.24, 2.45) is 0 Å². The Morgan fingerprint density at radius 1 is 1.00 bits per heavy atom. The molecule has 6 nitrogen and oxygen atoms in total. The normalized spacial score (nSPS) is 16.6. The van der Waals surface area contributed by atoms with Crippen LogP contribution in [0.15, 0.2) is 60.9 Å². The molecule has 0 radical (unpaired) electrons. The van der Waals surface area contributed by atoms with E-state index in [1.165, 1.54) is 25.1 Å². The zero-order chi connectivity index (χ0) is 21.6. The summed E-state index contributed by atoms with van der Waals surface area (Å²) in [6.07, 6.45) is 6.02. The Labute approximate surface area is 184 Å². The highest BCUT2D eigenvalue weighted by Crippen LogP contribution is 2.22. The molecule has 31 heavy (non-hydrogen) atoms. The summed E-state index contributed by atoms with van der Waals surface area (Å²) in [6.45, 7) is 3.50. The van der Waals surface area contributed by atoms with E-state index in [9.17, 15) is 0 Å². The number of likely N-dealkylation sites (N-methyl/N-ethyl adjacent to an activating group) is 1. The van der Waals surface area contributed by atoms with Gasteiger partial charge in [0.05, 0.1) is 7.11 Å². The minimum absolute atomic E-state index is 0.594. The Hall–Kier alpha value is -2.96. The topological polar surface area (TPSA) is 53.5 Å². The molecule has 3 aromatic rings. The second kappa shape index (κ2) is 9.90. The van der Waals surface area contributed by atoms with Crippen molar-refractivity contribution in [3.8, 4) is 16.9 Å². The standard InChI is InChI=1S/C25H31N5O/c1-29(2)23-13-15-30(18-23)14-12-19-4-8-22(9-5-19)28-25-26-16-21(17-27-25)20-6-10-24(31-3)11-7-20/h4-11,16-17,23H,12-15,18H2,1-3H3,(H,26,27,28). The van der Waals surface area contributed by atoms with E-state index in [2.05, 4.69) is 63.4 Å². The largest absolute Gasteiger partial charge is 0.497 e. The number of hydrogen-bond donors (Lipinski definition) is 1. The summed E-state index contributed by atoms with van der Waals surface area (Å²) in [4.78, 5) is 13.8. The zero-order valence-electron chi connectivity index (χ0n) is 18.6. The van der Waals surface area contributed by atoms with Gasteiger partial charge in [-0.1, -0.05) is 24.3 Å². The number of nitrogens with one attached hydrogen (secondary N) is 1. The highest BCUT2D eigenvalue weighted by Gasteiger charge is 2.23. The number of aromatic nitrogens is 2. The van der Waals surface area contributed by atoms with Gasteiger partial charge >= 0.3 is 0 Å². The molecule has 1 aromatic heterocycles. The summed E-state index contributed by atoms with van der Waals surface area (Å²) < 4.78 is 5.21. The van der Waals surface area contributed by atoms with Crippen LogP contribution in [0.25, 0.3) is 11.1 Å². The first-order valence-corrected chi connectivity index (χ1v) is 10.8. The van der Waals surface area contributed by atoms with Crippen LogP contribution in [0.1, 0.15) is 12.0 Å². The lowest BCUT2D eigenvalue weighted by molar-refractivity contribution is 0.270. The number of ether oxygens (including phenoxy) is 1. The average Bonchev–Trinajstić information content (AvgIpc) is 3.29. The van der Waals surface area contributed by atoms with Crippen LogP contribution in [-0.2, 0) is 6.42 Å². The third-order valence-electron chi connectivity index (χ3n) is 5.98. The van der Waals surface area contributed by atoms with Crippen molar-refractivity contribution in [2.45, 2.75) is 18.9 Å². The van der Waals surface area contributed by atoms with Crippen LogP contribution >= 0.6 is 0 Å². The highest BCUT2D eigenvalue weighted by atomic mass is 16.5. The number of anilines is 2. The summed E-state index contributed by atoms with van der Waals surface area (Å²) in [5.41, 5.74) is 4.39. The molecule has 0 amide bonds. The van der Waals surface area contributed by atoms with Gasteiger partial charge in [0.2, 0.25) is 5.95 Å². The molecule has 0 bridgehead atoms. The van der Waals surface area contributed by atoms with Gasteiger partial charge in [-0.3, -0.25) is 0 Å². The number of rotatable bonds is 8. The lowest BCUT2D eigenvalue weighted by Crippen LogP contribution is -2.32. The van der Waals surface area contributed by atoms with E-state index in [1.807, 2.05) is 36.7 Å². The smallest absolute Gasteiger partial charge is 0.227 e. The van der Waals surface area contributed by atoms with Crippen molar-refractivity contribution in [1.29, 1.82) is 0 Å². The lowest BCUT2D eigenvalue weighted by Gasteiger charge is -2.20. The molecule has 1 unspecified atom stereocenters. The van der Waals surface area contributed by atoms with Gasteiger partial charge in [0.1, 0.15) is 5.75 Å². The van der Waals surface area contributed by atoms with Crippen LogP contribution in [0.2, 0.25) is 0 Å². The zero-order valence-corrected chi connectivity index (χ0v) is 18.6. The quantitative estimate of drug-likeness (QED) is 0.596. The van der Waals surface area contributed by atoms with E-state index >= 15 is 0 Å². The van der Waals surface area contributed by atoms with Crippen molar-refractivity contribution >= 4 is 11.6 Å². The average molecular weight is 418 g/mol. The SMILES string of the molecule is COc1ccc(-c2cnc(Nc3ccc(CCN4CCC(N(C)C)C4)cc3)nc2)cc1. The van der Waals surface area contributed by atoms with Gasteiger partial charge < -0.3 is 19.9 Å². The van der Waals surface area contributed by atoms with E-state index in [1.54, 1.807) is 7.11 Å².